The molecule has 70 heavy (non-hydrogen) atoms. The van der Waals surface area contributed by atoms with Gasteiger partial charge in [-0.15, -0.1) is 0 Å². The monoisotopic (exact) mass is 1190 g/mol. The van der Waals surface area contributed by atoms with Crippen LogP contribution < -0.4 is 43.1 Å². The van der Waals surface area contributed by atoms with Crippen LogP contribution in [0.4, 0.5) is 105 Å². The maximum Gasteiger partial charge on any atom is 0.443 e. The summed E-state index contributed by atoms with van der Waals surface area (Å²) in [6.45, 7) is 0. The molecule has 2 aromatic heterocycles. The largest absolute Gasteiger partial charge is 0.443 e. The zero-order chi connectivity index (χ0) is 53.2. The predicted molar refractivity (Wildman–Crippen MR) is 195 cm³/mol. The first kappa shape index (κ1) is 56.1. The quantitative estimate of drug-likeness (QED) is 0.0944. The summed E-state index contributed by atoms with van der Waals surface area (Å²) in [4.78, 5) is 0. The lowest BCUT2D eigenvalue weighted by Gasteiger charge is -2.46. The van der Waals surface area contributed by atoms with Gasteiger partial charge in [0.05, 0.1) is 44.5 Å². The topological polar surface area (TPSA) is 26.3 Å². The fourth-order valence-corrected chi connectivity index (χ4v) is 9.34. The molecule has 0 radical (unpaired) electrons. The summed E-state index contributed by atoms with van der Waals surface area (Å²) in [6, 6.07) is -1.66. The molecule has 6 rings (SSSR count). The van der Waals surface area contributed by atoms with Gasteiger partial charge in [-0.3, -0.25) is 0 Å². The molecule has 6 aromatic rings. The first-order valence-corrected chi connectivity index (χ1v) is 20.9. The summed E-state index contributed by atoms with van der Waals surface area (Å²) in [5.74, 6) is 0. The van der Waals surface area contributed by atoms with Crippen molar-refractivity contribution in [3.63, 3.8) is 0 Å². The van der Waals surface area contributed by atoms with Gasteiger partial charge in [-0.25, -0.2) is 0 Å². The molecule has 0 fully saturated rings. The summed E-state index contributed by atoms with van der Waals surface area (Å²) in [5, 5.41) is 0.819. The fourth-order valence-electron chi connectivity index (χ4n) is 6.85. The molecule has 2 nitrogen and oxygen atoms in total. The van der Waals surface area contributed by atoms with Crippen LogP contribution in [0.5, 0.6) is 0 Å². The number of hydrogen-bond acceptors (Lipinski definition) is 2. The van der Waals surface area contributed by atoms with E-state index in [0.29, 0.717) is 10.4 Å². The van der Waals surface area contributed by atoms with Crippen LogP contribution in [-0.4, -0.2) is 6.15 Å². The van der Waals surface area contributed by atoms with E-state index in [1.54, 1.807) is 12.1 Å². The molecule has 0 atom stereocenters. The molecular weight excluding hydrogens is 1180 g/mol. The third kappa shape index (κ3) is 13.0. The molecule has 0 saturated carbocycles. The highest BCUT2D eigenvalue weighted by Crippen LogP contribution is 2.41. The molecule has 0 aliphatic heterocycles. The first-order valence-electron chi connectivity index (χ1n) is 18.0. The Balaban J connectivity index is 0.000000600. The van der Waals surface area contributed by atoms with E-state index >= 15 is 0 Å². The van der Waals surface area contributed by atoms with Gasteiger partial charge >= 0.3 is 78.1 Å². The van der Waals surface area contributed by atoms with Crippen molar-refractivity contribution in [2.45, 2.75) is 49.4 Å². The van der Waals surface area contributed by atoms with Crippen LogP contribution >= 0.6 is 23.2 Å². The summed E-state index contributed by atoms with van der Waals surface area (Å²) in [7, 11) is 0. The van der Waals surface area contributed by atoms with Crippen LogP contribution in [0.15, 0.2) is 106 Å². The molecule has 4 aromatic carbocycles. The second kappa shape index (κ2) is 19.0. The van der Waals surface area contributed by atoms with Crippen LogP contribution in [0.2, 0.25) is 10.4 Å². The van der Waals surface area contributed by atoms with Gasteiger partial charge in [0, 0.05) is 24.3 Å². The summed E-state index contributed by atoms with van der Waals surface area (Å²) < 4.78 is 353. The van der Waals surface area contributed by atoms with Crippen molar-refractivity contribution in [1.29, 1.82) is 0 Å². The van der Waals surface area contributed by atoms with E-state index in [9.17, 15) is 105 Å². The Bertz CT molecular complexity index is 2370. The highest BCUT2D eigenvalue weighted by atomic mass is 127. The van der Waals surface area contributed by atoms with E-state index in [4.69, 9.17) is 32.0 Å². The van der Waals surface area contributed by atoms with Crippen molar-refractivity contribution < 1.29 is 135 Å². The van der Waals surface area contributed by atoms with Crippen molar-refractivity contribution in [2.24, 2.45) is 0 Å². The Morgan fingerprint density at radius 3 is 0.586 bits per heavy atom. The molecular formula is C40H16BCl2F24IO2. The van der Waals surface area contributed by atoms with Gasteiger partial charge in [-0.1, -0.05) is 48.5 Å². The highest BCUT2D eigenvalue weighted by molar-refractivity contribution is 7.20. The maximum atomic E-state index is 14.2. The van der Waals surface area contributed by atoms with Gasteiger partial charge in [0.2, 0.25) is 0 Å². The van der Waals surface area contributed by atoms with Gasteiger partial charge in [0.15, 0.2) is 10.4 Å². The second-order valence-corrected chi connectivity index (χ2v) is 17.8. The lowest BCUT2D eigenvalue weighted by atomic mass is 9.12. The van der Waals surface area contributed by atoms with Crippen molar-refractivity contribution in [3.05, 3.63) is 160 Å². The van der Waals surface area contributed by atoms with Gasteiger partial charge < -0.3 is 8.83 Å². The third-order valence-electron chi connectivity index (χ3n) is 9.71. The van der Waals surface area contributed by atoms with E-state index in [2.05, 4.69) is 0 Å². The number of alkyl halides is 24. The minimum atomic E-state index is -6.13. The molecule has 30 heteroatoms. The highest BCUT2D eigenvalue weighted by Gasteiger charge is 2.47. The standard InChI is InChI=1S/C32H12BF24.C8H4Cl2IO2/c34-25(35,36)13-1-14(26(37,38)39)6-21(5-13)33(22-7-15(27(40,41)42)2-16(8-22)28(43,44)45,23-9-17(29(46,47)48)3-18(10-23)30(49,50)51)24-11-19(31(52,53)54)4-20(12-24)32(55,56)57;9-5-1-3-7(12-5)11-8-4-2-6(10)13-8/h1-12H;1-4H/q-1;+1. The molecule has 2 heterocycles. The van der Waals surface area contributed by atoms with E-state index < -0.39 is 216 Å². The zero-order valence-electron chi connectivity index (χ0n) is 32.8. The van der Waals surface area contributed by atoms with Crippen molar-refractivity contribution in [2.75, 3.05) is 0 Å². The van der Waals surface area contributed by atoms with Gasteiger partial charge in [0.1, 0.15) is 6.15 Å². The second-order valence-electron chi connectivity index (χ2n) is 14.4. The van der Waals surface area contributed by atoms with Crippen LogP contribution in [0.3, 0.4) is 0 Å². The number of benzene rings is 4. The molecule has 0 N–H and O–H groups in total. The molecule has 0 saturated heterocycles. The van der Waals surface area contributed by atoms with Gasteiger partial charge in [-0.2, -0.15) is 127 Å². The molecule has 0 unspecified atom stereocenters. The number of halogens is 27. The predicted octanol–water partition coefficient (Wildman–Crippen LogP) is 11.5. The Labute approximate surface area is 394 Å². The van der Waals surface area contributed by atoms with Crippen LogP contribution in [-0.2, 0) is 49.4 Å². The lowest BCUT2D eigenvalue weighted by molar-refractivity contribution is -0.636. The van der Waals surface area contributed by atoms with Crippen molar-refractivity contribution in [1.82, 2.24) is 0 Å². The van der Waals surface area contributed by atoms with Crippen LogP contribution in [0.25, 0.3) is 0 Å². The van der Waals surface area contributed by atoms with E-state index in [0.717, 1.165) is 7.53 Å². The number of hydrogen-bond donors (Lipinski definition) is 0. The smallest absolute Gasteiger partial charge is 0.406 e. The fraction of sp³-hybridized carbons (Fsp3) is 0.200. The Morgan fingerprint density at radius 2 is 0.457 bits per heavy atom. The minimum absolute atomic E-state index is 0.410. The Morgan fingerprint density at radius 1 is 0.286 bits per heavy atom. The molecule has 0 spiro atoms. The first-order chi connectivity index (χ1) is 31.5. The normalized spacial score (nSPS) is 13.6. The van der Waals surface area contributed by atoms with Crippen molar-refractivity contribution >= 4 is 51.2 Å². The van der Waals surface area contributed by atoms with Crippen molar-refractivity contribution in [3.8, 4) is 0 Å². The average Bonchev–Trinajstić information content (AvgIpc) is 3.81. The molecule has 380 valence electrons. The summed E-state index contributed by atoms with van der Waals surface area (Å²) >= 11 is 10.8. The third-order valence-corrected chi connectivity index (χ3v) is 12.3. The SMILES string of the molecule is Clc1ccc([I+]c2ccc(Cl)o2)o1.FC(F)(F)c1cc([B-](c2cc(C(F)(F)F)cc(C(F)(F)F)c2)(c2cc(C(F)(F)F)cc(C(F)(F)F)c2)c2cc(C(F)(F)F)cc(C(F)(F)F)c2)cc(C(F)(F)F)c1. The van der Waals surface area contributed by atoms with E-state index in [1.165, 1.54) is 0 Å². The molecule has 0 aliphatic rings. The summed E-state index contributed by atoms with van der Waals surface area (Å²) in [5.41, 5.74) is -30.2. The summed E-state index contributed by atoms with van der Waals surface area (Å²) in [6.07, 6.45) is -54.8. The number of furan rings is 2. The molecule has 0 bridgehead atoms. The van der Waals surface area contributed by atoms with Crippen LogP contribution in [0, 0.1) is 7.53 Å². The zero-order valence-corrected chi connectivity index (χ0v) is 36.5. The number of rotatable bonds is 6. The van der Waals surface area contributed by atoms with Gasteiger partial charge in [0.25, 0.3) is 0 Å². The van der Waals surface area contributed by atoms with Crippen LogP contribution in [0.1, 0.15) is 44.5 Å². The lowest BCUT2D eigenvalue weighted by Crippen LogP contribution is -3.61. The minimum Gasteiger partial charge on any atom is -0.406 e. The Kier molecular flexibility index (Phi) is 15.2. The van der Waals surface area contributed by atoms with E-state index in [1.807, 2.05) is 12.1 Å². The molecule has 0 aliphatic carbocycles. The average molecular weight is 1190 g/mol. The Hall–Kier alpha value is -4.87. The molecule has 0 amide bonds. The van der Waals surface area contributed by atoms with Gasteiger partial charge in [-0.05, 0) is 47.5 Å². The maximum absolute atomic E-state index is 14.2. The van der Waals surface area contributed by atoms with E-state index in [-0.39, 0.29) is 0 Å².